The van der Waals surface area contributed by atoms with E-state index in [4.69, 9.17) is 9.47 Å². The Labute approximate surface area is 146 Å². The van der Waals surface area contributed by atoms with Gasteiger partial charge in [-0.2, -0.15) is 0 Å². The van der Waals surface area contributed by atoms with Gasteiger partial charge in [-0.05, 0) is 29.8 Å². The van der Waals surface area contributed by atoms with Crippen LogP contribution in [0.5, 0.6) is 11.5 Å². The Bertz CT molecular complexity index is 899. The zero-order valence-corrected chi connectivity index (χ0v) is 13.9. The molecular formula is C19H20N4O2. The van der Waals surface area contributed by atoms with Crippen molar-refractivity contribution in [2.45, 2.75) is 6.54 Å². The molecule has 128 valence electrons. The smallest absolute Gasteiger partial charge is 0.231 e. The van der Waals surface area contributed by atoms with E-state index in [-0.39, 0.29) is 0 Å². The van der Waals surface area contributed by atoms with E-state index in [9.17, 15) is 0 Å². The van der Waals surface area contributed by atoms with Crippen molar-refractivity contribution in [3.63, 3.8) is 0 Å². The number of benzene rings is 1. The van der Waals surface area contributed by atoms with Crippen LogP contribution in [0.4, 0.5) is 5.69 Å². The first-order valence-electron chi connectivity index (χ1n) is 8.65. The molecule has 4 heterocycles. The van der Waals surface area contributed by atoms with Crippen molar-refractivity contribution < 1.29 is 9.47 Å². The number of hydrogen-bond acceptors (Lipinski definition) is 5. The zero-order chi connectivity index (χ0) is 16.6. The fourth-order valence-electron chi connectivity index (χ4n) is 3.63. The fourth-order valence-corrected chi connectivity index (χ4v) is 3.63. The van der Waals surface area contributed by atoms with E-state index in [2.05, 4.69) is 44.2 Å². The van der Waals surface area contributed by atoms with Crippen LogP contribution in [0.2, 0.25) is 0 Å². The number of fused-ring (bicyclic) bond motifs is 2. The topological polar surface area (TPSA) is 53.6 Å². The van der Waals surface area contributed by atoms with Gasteiger partial charge >= 0.3 is 0 Å². The Kier molecular flexibility index (Phi) is 3.48. The number of rotatable bonds is 3. The van der Waals surface area contributed by atoms with Crippen molar-refractivity contribution >= 4 is 16.7 Å². The summed E-state index contributed by atoms with van der Waals surface area (Å²) in [5, 5.41) is 1.22. The lowest BCUT2D eigenvalue weighted by Crippen LogP contribution is -2.45. The maximum absolute atomic E-state index is 5.49. The highest BCUT2D eigenvalue weighted by atomic mass is 16.7. The summed E-state index contributed by atoms with van der Waals surface area (Å²) in [5.41, 5.74) is 3.50. The largest absolute Gasteiger partial charge is 0.454 e. The lowest BCUT2D eigenvalue weighted by Gasteiger charge is -2.36. The molecule has 1 saturated heterocycles. The molecule has 2 aliphatic rings. The predicted molar refractivity (Wildman–Crippen MR) is 96.1 cm³/mol. The average Bonchev–Trinajstić information content (AvgIpc) is 3.29. The molecule has 6 heteroatoms. The minimum atomic E-state index is 0.325. The third-order valence-electron chi connectivity index (χ3n) is 5.02. The summed E-state index contributed by atoms with van der Waals surface area (Å²) in [6.45, 7) is 5.40. The van der Waals surface area contributed by atoms with Gasteiger partial charge in [-0.15, -0.1) is 0 Å². The molecule has 2 aliphatic heterocycles. The Morgan fingerprint density at radius 1 is 1.04 bits per heavy atom. The molecule has 2 aromatic heterocycles. The van der Waals surface area contributed by atoms with E-state index in [1.165, 1.54) is 16.6 Å². The minimum absolute atomic E-state index is 0.325. The number of aromatic nitrogens is 2. The van der Waals surface area contributed by atoms with Crippen LogP contribution in [-0.2, 0) is 6.54 Å². The maximum atomic E-state index is 5.49. The minimum Gasteiger partial charge on any atom is -0.454 e. The molecule has 0 unspecified atom stereocenters. The van der Waals surface area contributed by atoms with Crippen molar-refractivity contribution in [3.05, 3.63) is 48.3 Å². The van der Waals surface area contributed by atoms with E-state index in [1.807, 2.05) is 18.3 Å². The van der Waals surface area contributed by atoms with Crippen LogP contribution in [0.3, 0.4) is 0 Å². The quantitative estimate of drug-likeness (QED) is 0.797. The third-order valence-corrected chi connectivity index (χ3v) is 5.02. The first kappa shape index (κ1) is 14.6. The summed E-state index contributed by atoms with van der Waals surface area (Å²) in [6.07, 6.45) is 3.91. The van der Waals surface area contributed by atoms with Crippen LogP contribution < -0.4 is 14.4 Å². The van der Waals surface area contributed by atoms with Crippen LogP contribution in [0.25, 0.3) is 11.0 Å². The molecule has 0 atom stereocenters. The monoisotopic (exact) mass is 336 g/mol. The van der Waals surface area contributed by atoms with Crippen LogP contribution in [0.1, 0.15) is 5.56 Å². The summed E-state index contributed by atoms with van der Waals surface area (Å²) in [7, 11) is 0. The van der Waals surface area contributed by atoms with Crippen molar-refractivity contribution in [3.8, 4) is 11.5 Å². The van der Waals surface area contributed by atoms with Gasteiger partial charge in [-0.1, -0.05) is 0 Å². The van der Waals surface area contributed by atoms with Crippen LogP contribution in [0.15, 0.2) is 42.7 Å². The molecule has 6 nitrogen and oxygen atoms in total. The number of nitrogens with one attached hydrogen (secondary N) is 1. The number of H-pyrrole nitrogens is 1. The lowest BCUT2D eigenvalue weighted by molar-refractivity contribution is 0.174. The number of aromatic amines is 1. The van der Waals surface area contributed by atoms with E-state index < -0.39 is 0 Å². The van der Waals surface area contributed by atoms with Gasteiger partial charge < -0.3 is 19.4 Å². The Hall–Kier alpha value is -2.73. The van der Waals surface area contributed by atoms with Crippen molar-refractivity contribution in [1.29, 1.82) is 0 Å². The van der Waals surface area contributed by atoms with Gasteiger partial charge in [0, 0.05) is 62.3 Å². The molecule has 0 aliphatic carbocycles. The number of hydrogen-bond donors (Lipinski definition) is 1. The molecular weight excluding hydrogens is 316 g/mol. The SMILES string of the molecule is c1cnc2[nH]cc(CN3CCN(c4ccc5c(c4)OCO5)CC3)c2c1. The molecule has 0 radical (unpaired) electrons. The molecule has 3 aromatic rings. The van der Waals surface area contributed by atoms with Gasteiger partial charge in [0.2, 0.25) is 6.79 Å². The van der Waals surface area contributed by atoms with E-state index >= 15 is 0 Å². The van der Waals surface area contributed by atoms with Gasteiger partial charge in [0.1, 0.15) is 5.65 Å². The summed E-state index contributed by atoms with van der Waals surface area (Å²) >= 11 is 0. The predicted octanol–water partition coefficient (Wildman–Crippen LogP) is 2.61. The van der Waals surface area contributed by atoms with Crippen molar-refractivity contribution in [1.82, 2.24) is 14.9 Å². The highest BCUT2D eigenvalue weighted by molar-refractivity contribution is 5.79. The molecule has 0 spiro atoms. The summed E-state index contributed by atoms with van der Waals surface area (Å²) < 4.78 is 10.9. The van der Waals surface area contributed by atoms with Gasteiger partial charge in [0.05, 0.1) is 0 Å². The Morgan fingerprint density at radius 3 is 2.84 bits per heavy atom. The van der Waals surface area contributed by atoms with Gasteiger partial charge in [0.25, 0.3) is 0 Å². The molecule has 1 fully saturated rings. The van der Waals surface area contributed by atoms with Gasteiger partial charge in [-0.25, -0.2) is 4.98 Å². The molecule has 0 bridgehead atoms. The number of ether oxygens (including phenoxy) is 2. The average molecular weight is 336 g/mol. The molecule has 0 amide bonds. The van der Waals surface area contributed by atoms with E-state index in [0.29, 0.717) is 6.79 Å². The van der Waals surface area contributed by atoms with Crippen LogP contribution in [-0.4, -0.2) is 47.8 Å². The highest BCUT2D eigenvalue weighted by Crippen LogP contribution is 2.35. The summed E-state index contributed by atoms with van der Waals surface area (Å²) in [4.78, 5) is 12.5. The lowest BCUT2D eigenvalue weighted by atomic mass is 10.2. The van der Waals surface area contributed by atoms with Crippen molar-refractivity contribution in [2.24, 2.45) is 0 Å². The first-order valence-corrected chi connectivity index (χ1v) is 8.65. The standard InChI is InChI=1S/C19H20N4O2/c1-2-16-14(11-21-19(16)20-5-1)12-22-6-8-23(9-7-22)15-3-4-17-18(10-15)25-13-24-17/h1-5,10-11H,6-9,12-13H2,(H,20,21). The van der Waals surface area contributed by atoms with Gasteiger partial charge in [0.15, 0.2) is 11.5 Å². The molecule has 5 rings (SSSR count). The van der Waals surface area contributed by atoms with Crippen LogP contribution >= 0.6 is 0 Å². The third kappa shape index (κ3) is 2.68. The summed E-state index contributed by atoms with van der Waals surface area (Å²) in [6, 6.07) is 10.3. The number of pyridine rings is 1. The number of nitrogens with zero attached hydrogens (tertiary/aromatic N) is 3. The zero-order valence-electron chi connectivity index (χ0n) is 13.9. The number of piperazine rings is 1. The fraction of sp³-hybridized carbons (Fsp3) is 0.316. The first-order chi connectivity index (χ1) is 12.4. The number of anilines is 1. The Balaban J connectivity index is 1.25. The van der Waals surface area contributed by atoms with Crippen LogP contribution in [0, 0.1) is 0 Å². The summed E-state index contributed by atoms with van der Waals surface area (Å²) in [5.74, 6) is 1.70. The Morgan fingerprint density at radius 2 is 1.92 bits per heavy atom. The maximum Gasteiger partial charge on any atom is 0.231 e. The second kappa shape index (κ2) is 5.97. The van der Waals surface area contributed by atoms with Gasteiger partial charge in [-0.3, -0.25) is 4.90 Å². The second-order valence-corrected chi connectivity index (χ2v) is 6.51. The normalized spacial score (nSPS) is 17.4. The van der Waals surface area contributed by atoms with E-state index in [0.717, 1.165) is 49.9 Å². The highest BCUT2D eigenvalue weighted by Gasteiger charge is 2.21. The molecule has 1 N–H and O–H groups in total. The molecule has 0 saturated carbocycles. The molecule has 1 aromatic carbocycles. The molecule has 25 heavy (non-hydrogen) atoms. The van der Waals surface area contributed by atoms with Crippen molar-refractivity contribution in [2.75, 3.05) is 37.9 Å². The second-order valence-electron chi connectivity index (χ2n) is 6.51. The van der Waals surface area contributed by atoms with E-state index in [1.54, 1.807) is 0 Å².